The maximum atomic E-state index is 11.4. The van der Waals surface area contributed by atoms with Gasteiger partial charge in [0, 0.05) is 4.91 Å². The SMILES string of the molecule is NNC(=O)c1nnsc1-c1ccccc1.[N-]=[N+]=NC(=O)c1nnsc1-c1ccccc1. The molecule has 2 amide bonds. The Hall–Kier alpha value is -4.03. The summed E-state index contributed by atoms with van der Waals surface area (Å²) in [5.41, 5.74) is 12.3. The lowest BCUT2D eigenvalue weighted by Gasteiger charge is -1.98. The maximum absolute atomic E-state index is 11.4. The smallest absolute Gasteiger partial charge is 0.287 e. The predicted molar refractivity (Wildman–Crippen MR) is 116 cm³/mol. The van der Waals surface area contributed by atoms with E-state index in [2.05, 4.69) is 29.2 Å². The van der Waals surface area contributed by atoms with Crippen molar-refractivity contribution in [3.05, 3.63) is 82.5 Å². The van der Waals surface area contributed by atoms with Crippen LogP contribution in [0.15, 0.2) is 65.8 Å². The van der Waals surface area contributed by atoms with E-state index >= 15 is 0 Å². The third kappa shape index (κ3) is 5.32. The van der Waals surface area contributed by atoms with Crippen LogP contribution in [0.25, 0.3) is 31.3 Å². The van der Waals surface area contributed by atoms with Gasteiger partial charge in [-0.25, -0.2) is 5.84 Å². The van der Waals surface area contributed by atoms with Gasteiger partial charge in [-0.3, -0.25) is 15.0 Å². The fourth-order valence-electron chi connectivity index (χ4n) is 2.38. The Morgan fingerprint density at radius 2 is 1.35 bits per heavy atom. The molecule has 0 aliphatic heterocycles. The largest absolute Gasteiger partial charge is 0.289 e. The van der Waals surface area contributed by atoms with E-state index in [0.29, 0.717) is 4.88 Å². The Balaban J connectivity index is 0.000000176. The van der Waals surface area contributed by atoms with Crippen molar-refractivity contribution in [1.82, 2.24) is 24.6 Å². The van der Waals surface area contributed by atoms with Gasteiger partial charge in [0.05, 0.1) is 9.75 Å². The first-order chi connectivity index (χ1) is 15.2. The molecule has 0 bridgehead atoms. The second-order valence-corrected chi connectivity index (χ2v) is 7.11. The zero-order chi connectivity index (χ0) is 22.1. The van der Waals surface area contributed by atoms with Crippen LogP contribution in [0.5, 0.6) is 0 Å². The van der Waals surface area contributed by atoms with Crippen LogP contribution in [-0.2, 0) is 0 Å². The highest BCUT2D eigenvalue weighted by Gasteiger charge is 2.17. The highest BCUT2D eigenvalue weighted by atomic mass is 32.1. The second-order valence-electron chi connectivity index (χ2n) is 5.60. The molecule has 0 fully saturated rings. The van der Waals surface area contributed by atoms with Crippen LogP contribution in [0.2, 0.25) is 0 Å². The summed E-state index contributed by atoms with van der Waals surface area (Å²) in [6.45, 7) is 0. The summed E-state index contributed by atoms with van der Waals surface area (Å²) < 4.78 is 7.43. The summed E-state index contributed by atoms with van der Waals surface area (Å²) in [5, 5.41) is 10.4. The van der Waals surface area contributed by atoms with E-state index in [1.165, 1.54) is 11.5 Å². The summed E-state index contributed by atoms with van der Waals surface area (Å²) in [7, 11) is 0. The molecule has 0 saturated heterocycles. The number of carbonyl (C=O) groups is 2. The van der Waals surface area contributed by atoms with E-state index in [1.807, 2.05) is 66.1 Å². The third-order valence-corrected chi connectivity index (χ3v) is 5.28. The maximum Gasteiger partial charge on any atom is 0.287 e. The molecule has 2 heterocycles. The van der Waals surface area contributed by atoms with Gasteiger partial charge in [0.2, 0.25) is 0 Å². The van der Waals surface area contributed by atoms with Crippen molar-refractivity contribution in [1.29, 1.82) is 0 Å². The van der Waals surface area contributed by atoms with Crippen LogP contribution < -0.4 is 11.3 Å². The van der Waals surface area contributed by atoms with Crippen LogP contribution in [-0.4, -0.2) is 31.0 Å². The highest BCUT2D eigenvalue weighted by Crippen LogP contribution is 2.26. The van der Waals surface area contributed by atoms with Crippen LogP contribution in [0.1, 0.15) is 21.0 Å². The number of nitrogens with one attached hydrogen (secondary N) is 1. The Morgan fingerprint density at radius 3 is 1.84 bits per heavy atom. The van der Waals surface area contributed by atoms with Crippen molar-refractivity contribution in [3.63, 3.8) is 0 Å². The molecule has 11 nitrogen and oxygen atoms in total. The van der Waals surface area contributed by atoms with Gasteiger partial charge in [0.15, 0.2) is 11.4 Å². The normalized spacial score (nSPS) is 9.71. The van der Waals surface area contributed by atoms with Gasteiger partial charge in [0.25, 0.3) is 11.8 Å². The lowest BCUT2D eigenvalue weighted by atomic mass is 10.1. The molecule has 154 valence electrons. The van der Waals surface area contributed by atoms with Gasteiger partial charge in [-0.15, -0.1) is 10.2 Å². The number of amides is 2. The number of nitrogens with two attached hydrogens (primary N) is 1. The summed E-state index contributed by atoms with van der Waals surface area (Å²) in [4.78, 5) is 26.5. The van der Waals surface area contributed by atoms with Gasteiger partial charge in [-0.2, -0.15) is 0 Å². The van der Waals surface area contributed by atoms with E-state index in [4.69, 9.17) is 11.4 Å². The Kier molecular flexibility index (Phi) is 7.45. The first kappa shape index (κ1) is 21.7. The standard InChI is InChI=1S/C9H5N5OS.C9H8N4OS/c10-13-12-9(15)7-8(16-14-11-7)6-4-2-1-3-5-6;10-11-9(14)7-8(15-13-12-7)6-4-2-1-3-5-6/h1-5H;1-5H,10H2,(H,11,14). The number of aromatic nitrogens is 4. The zero-order valence-corrected chi connectivity index (χ0v) is 17.2. The van der Waals surface area contributed by atoms with Crippen molar-refractivity contribution >= 4 is 34.9 Å². The van der Waals surface area contributed by atoms with Crippen LogP contribution >= 0.6 is 23.1 Å². The molecule has 0 spiro atoms. The minimum atomic E-state index is -0.713. The molecule has 2 aromatic heterocycles. The molecule has 13 heteroatoms. The number of rotatable bonds is 4. The fraction of sp³-hybridized carbons (Fsp3) is 0. The molecule has 0 saturated carbocycles. The summed E-state index contributed by atoms with van der Waals surface area (Å²) in [5.74, 6) is 3.91. The van der Waals surface area contributed by atoms with Gasteiger partial charge in [-0.1, -0.05) is 69.6 Å². The van der Waals surface area contributed by atoms with Crippen LogP contribution in [0.4, 0.5) is 0 Å². The van der Waals surface area contributed by atoms with E-state index in [0.717, 1.165) is 27.5 Å². The summed E-state index contributed by atoms with van der Waals surface area (Å²) >= 11 is 2.26. The van der Waals surface area contributed by atoms with Crippen molar-refractivity contribution in [3.8, 4) is 20.9 Å². The average Bonchev–Trinajstić information content (AvgIpc) is 3.50. The quantitative estimate of drug-likeness (QED) is 0.119. The number of nitrogens with zero attached hydrogens (tertiary/aromatic N) is 7. The number of hydrogen-bond acceptors (Lipinski definition) is 9. The molecule has 0 atom stereocenters. The van der Waals surface area contributed by atoms with Crippen molar-refractivity contribution in [2.75, 3.05) is 0 Å². The number of nitrogen functional groups attached to an aromatic ring is 1. The first-order valence-corrected chi connectivity index (χ1v) is 10.1. The summed E-state index contributed by atoms with van der Waals surface area (Å²) in [6.07, 6.45) is 0. The number of azide groups is 1. The molecular formula is C18H13N9O2S2. The van der Waals surface area contributed by atoms with E-state index in [9.17, 15) is 9.59 Å². The van der Waals surface area contributed by atoms with Gasteiger partial charge in [-0.05, 0) is 44.8 Å². The highest BCUT2D eigenvalue weighted by molar-refractivity contribution is 7.10. The van der Waals surface area contributed by atoms with E-state index < -0.39 is 11.8 Å². The first-order valence-electron chi connectivity index (χ1n) is 8.51. The number of hydrogen-bond donors (Lipinski definition) is 2. The Labute approximate surface area is 183 Å². The zero-order valence-electron chi connectivity index (χ0n) is 15.6. The molecule has 2 aromatic carbocycles. The lowest BCUT2D eigenvalue weighted by Crippen LogP contribution is -2.30. The summed E-state index contributed by atoms with van der Waals surface area (Å²) in [6, 6.07) is 18.7. The van der Waals surface area contributed by atoms with Gasteiger partial charge >= 0.3 is 0 Å². The third-order valence-electron chi connectivity index (χ3n) is 3.73. The minimum Gasteiger partial charge on any atom is -0.289 e. The predicted octanol–water partition coefficient (Wildman–Crippen LogP) is 3.46. The van der Waals surface area contributed by atoms with E-state index in [1.54, 1.807) is 0 Å². The van der Waals surface area contributed by atoms with E-state index in [-0.39, 0.29) is 11.4 Å². The lowest BCUT2D eigenvalue weighted by molar-refractivity contribution is 0.0948. The molecule has 0 aliphatic rings. The van der Waals surface area contributed by atoms with Crippen molar-refractivity contribution < 1.29 is 9.59 Å². The molecule has 0 aliphatic carbocycles. The Bertz CT molecular complexity index is 1220. The van der Waals surface area contributed by atoms with Crippen molar-refractivity contribution in [2.24, 2.45) is 11.0 Å². The average molecular weight is 451 g/mol. The Morgan fingerprint density at radius 1 is 0.871 bits per heavy atom. The van der Waals surface area contributed by atoms with Crippen LogP contribution in [0.3, 0.4) is 0 Å². The van der Waals surface area contributed by atoms with Gasteiger partial charge in [0.1, 0.15) is 0 Å². The second kappa shape index (κ2) is 10.7. The minimum absolute atomic E-state index is 0.0917. The van der Waals surface area contributed by atoms with Crippen LogP contribution in [0, 0.1) is 0 Å². The van der Waals surface area contributed by atoms with Crippen molar-refractivity contribution in [2.45, 2.75) is 0 Å². The fourth-order valence-corrected chi connectivity index (χ4v) is 3.71. The topological polar surface area (TPSA) is 173 Å². The number of hydrazine groups is 1. The molecule has 0 radical (unpaired) electrons. The monoisotopic (exact) mass is 451 g/mol. The number of carbonyl (C=O) groups excluding carboxylic acids is 2. The van der Waals surface area contributed by atoms with Gasteiger partial charge < -0.3 is 0 Å². The molecule has 31 heavy (non-hydrogen) atoms. The molecule has 0 unspecified atom stereocenters. The molecule has 3 N–H and O–H groups in total. The molecule has 4 rings (SSSR count). The molecule has 4 aromatic rings. The number of benzene rings is 2. The molecular weight excluding hydrogens is 438 g/mol.